The average molecular weight is 240 g/mol. The van der Waals surface area contributed by atoms with E-state index in [4.69, 9.17) is 4.42 Å². The lowest BCUT2D eigenvalue weighted by molar-refractivity contribution is 0.415. The molecule has 1 N–H and O–H groups in total. The second-order valence-electron chi connectivity index (χ2n) is 5.52. The molecule has 0 atom stereocenters. The molecular weight excluding hydrogens is 224 g/mol. The Morgan fingerprint density at radius 3 is 2.50 bits per heavy atom. The molecule has 0 unspecified atom stereocenters. The second kappa shape index (κ2) is 3.73. The van der Waals surface area contributed by atoms with Crippen LogP contribution in [0.15, 0.2) is 40.8 Å². The van der Waals surface area contributed by atoms with E-state index in [-0.39, 0.29) is 5.41 Å². The van der Waals surface area contributed by atoms with Crippen molar-refractivity contribution in [2.45, 2.75) is 26.2 Å². The number of para-hydroxylation sites is 2. The fourth-order valence-corrected chi connectivity index (χ4v) is 1.94. The van der Waals surface area contributed by atoms with Crippen molar-refractivity contribution in [2.24, 2.45) is 0 Å². The van der Waals surface area contributed by atoms with Gasteiger partial charge in [0.05, 0.1) is 11.0 Å². The van der Waals surface area contributed by atoms with Crippen molar-refractivity contribution < 1.29 is 4.42 Å². The number of nitrogens with zero attached hydrogens (tertiary/aromatic N) is 1. The van der Waals surface area contributed by atoms with Crippen LogP contribution < -0.4 is 0 Å². The zero-order chi connectivity index (χ0) is 12.8. The summed E-state index contributed by atoms with van der Waals surface area (Å²) in [6.07, 6.45) is 0. The SMILES string of the molecule is CC(C)(C)c1ccc(-c2nc3ccccc3[nH]2)o1. The van der Waals surface area contributed by atoms with Gasteiger partial charge in [0.2, 0.25) is 0 Å². The monoisotopic (exact) mass is 240 g/mol. The normalized spacial score (nSPS) is 12.2. The molecule has 0 fully saturated rings. The van der Waals surface area contributed by atoms with Gasteiger partial charge in [-0.1, -0.05) is 32.9 Å². The predicted octanol–water partition coefficient (Wildman–Crippen LogP) is 4.12. The largest absolute Gasteiger partial charge is 0.457 e. The molecule has 0 aliphatic rings. The van der Waals surface area contributed by atoms with Gasteiger partial charge in [-0.15, -0.1) is 0 Å². The summed E-state index contributed by atoms with van der Waals surface area (Å²) in [6.45, 7) is 6.40. The van der Waals surface area contributed by atoms with Crippen molar-refractivity contribution >= 4 is 11.0 Å². The molecule has 3 aromatic rings. The van der Waals surface area contributed by atoms with Crippen LogP contribution in [0.25, 0.3) is 22.6 Å². The zero-order valence-corrected chi connectivity index (χ0v) is 10.8. The van der Waals surface area contributed by atoms with Crippen LogP contribution in [-0.2, 0) is 5.41 Å². The van der Waals surface area contributed by atoms with Crippen molar-refractivity contribution in [2.75, 3.05) is 0 Å². The van der Waals surface area contributed by atoms with Crippen LogP contribution in [0.5, 0.6) is 0 Å². The lowest BCUT2D eigenvalue weighted by Gasteiger charge is -2.13. The van der Waals surface area contributed by atoms with E-state index in [1.54, 1.807) is 0 Å². The highest BCUT2D eigenvalue weighted by Gasteiger charge is 2.19. The molecule has 0 amide bonds. The number of fused-ring (bicyclic) bond motifs is 1. The number of H-pyrrole nitrogens is 1. The van der Waals surface area contributed by atoms with Crippen LogP contribution in [0, 0.1) is 0 Å². The summed E-state index contributed by atoms with van der Waals surface area (Å²) in [5.41, 5.74) is 2.01. The van der Waals surface area contributed by atoms with Crippen LogP contribution in [0.4, 0.5) is 0 Å². The molecule has 1 aromatic carbocycles. The average Bonchev–Trinajstić information content (AvgIpc) is 2.94. The van der Waals surface area contributed by atoms with Gasteiger partial charge in [-0.05, 0) is 24.3 Å². The number of imidazole rings is 1. The first-order valence-corrected chi connectivity index (χ1v) is 6.09. The Hall–Kier alpha value is -2.03. The number of furan rings is 1. The van der Waals surface area contributed by atoms with Crippen LogP contribution in [-0.4, -0.2) is 9.97 Å². The molecule has 3 rings (SSSR count). The van der Waals surface area contributed by atoms with Crippen molar-refractivity contribution in [3.8, 4) is 11.6 Å². The van der Waals surface area contributed by atoms with Crippen molar-refractivity contribution in [1.29, 1.82) is 0 Å². The fraction of sp³-hybridized carbons (Fsp3) is 0.267. The lowest BCUT2D eigenvalue weighted by Crippen LogP contribution is -2.08. The van der Waals surface area contributed by atoms with E-state index in [1.165, 1.54) is 0 Å². The topological polar surface area (TPSA) is 41.8 Å². The van der Waals surface area contributed by atoms with Crippen LogP contribution in [0.2, 0.25) is 0 Å². The Labute approximate surface area is 106 Å². The molecule has 3 nitrogen and oxygen atoms in total. The van der Waals surface area contributed by atoms with Gasteiger partial charge in [-0.3, -0.25) is 0 Å². The Bertz CT molecular complexity index is 653. The van der Waals surface area contributed by atoms with E-state index < -0.39 is 0 Å². The Kier molecular flexibility index (Phi) is 2.30. The maximum atomic E-state index is 5.87. The molecule has 0 saturated carbocycles. The van der Waals surface area contributed by atoms with Crippen LogP contribution in [0.3, 0.4) is 0 Å². The number of nitrogens with one attached hydrogen (secondary N) is 1. The molecule has 0 spiro atoms. The third-order valence-corrected chi connectivity index (χ3v) is 2.97. The maximum absolute atomic E-state index is 5.87. The van der Waals surface area contributed by atoms with Gasteiger partial charge in [-0.25, -0.2) is 4.98 Å². The second-order valence-corrected chi connectivity index (χ2v) is 5.52. The van der Waals surface area contributed by atoms with E-state index in [0.29, 0.717) is 0 Å². The molecular formula is C15H16N2O. The van der Waals surface area contributed by atoms with E-state index >= 15 is 0 Å². The minimum absolute atomic E-state index is 0.0181. The molecule has 0 radical (unpaired) electrons. The van der Waals surface area contributed by atoms with E-state index in [9.17, 15) is 0 Å². The van der Waals surface area contributed by atoms with Gasteiger partial charge in [0.15, 0.2) is 11.6 Å². The first-order valence-electron chi connectivity index (χ1n) is 6.09. The summed E-state index contributed by atoms with van der Waals surface area (Å²) < 4.78 is 5.87. The zero-order valence-electron chi connectivity index (χ0n) is 10.8. The van der Waals surface area contributed by atoms with Gasteiger partial charge in [0, 0.05) is 5.41 Å². The highest BCUT2D eigenvalue weighted by Crippen LogP contribution is 2.29. The Morgan fingerprint density at radius 2 is 1.83 bits per heavy atom. The summed E-state index contributed by atoms with van der Waals surface area (Å²) in [7, 11) is 0. The van der Waals surface area contributed by atoms with Crippen molar-refractivity contribution in [3.05, 3.63) is 42.2 Å². The van der Waals surface area contributed by atoms with Crippen molar-refractivity contribution in [3.63, 3.8) is 0 Å². The number of aromatic amines is 1. The van der Waals surface area contributed by atoms with Gasteiger partial charge < -0.3 is 9.40 Å². The summed E-state index contributed by atoms with van der Waals surface area (Å²) in [5, 5.41) is 0. The predicted molar refractivity (Wildman–Crippen MR) is 72.5 cm³/mol. The molecule has 2 heterocycles. The molecule has 0 aliphatic heterocycles. The first-order chi connectivity index (χ1) is 8.54. The van der Waals surface area contributed by atoms with E-state index in [1.807, 2.05) is 36.4 Å². The van der Waals surface area contributed by atoms with Crippen LogP contribution >= 0.6 is 0 Å². The lowest BCUT2D eigenvalue weighted by atomic mass is 9.94. The number of hydrogen-bond acceptors (Lipinski definition) is 2. The first kappa shape index (κ1) is 11.1. The molecule has 18 heavy (non-hydrogen) atoms. The minimum atomic E-state index is 0.0181. The standard InChI is InChI=1S/C15H16N2O/c1-15(2,3)13-9-8-12(18-13)14-16-10-6-4-5-7-11(10)17-14/h4-9H,1-3H3,(H,16,17). The summed E-state index contributed by atoms with van der Waals surface area (Å²) in [6, 6.07) is 12.0. The number of aromatic nitrogens is 2. The van der Waals surface area contributed by atoms with Gasteiger partial charge in [-0.2, -0.15) is 0 Å². The third kappa shape index (κ3) is 1.82. The molecule has 2 aromatic heterocycles. The Morgan fingerprint density at radius 1 is 1.06 bits per heavy atom. The van der Waals surface area contributed by atoms with E-state index in [2.05, 4.69) is 30.7 Å². The summed E-state index contributed by atoms with van der Waals surface area (Å²) >= 11 is 0. The molecule has 0 bridgehead atoms. The number of hydrogen-bond donors (Lipinski definition) is 1. The molecule has 92 valence electrons. The van der Waals surface area contributed by atoms with E-state index in [0.717, 1.165) is 28.4 Å². The van der Waals surface area contributed by atoms with Crippen molar-refractivity contribution in [1.82, 2.24) is 9.97 Å². The molecule has 0 saturated heterocycles. The highest BCUT2D eigenvalue weighted by molar-refractivity contribution is 5.78. The highest BCUT2D eigenvalue weighted by atomic mass is 16.3. The smallest absolute Gasteiger partial charge is 0.174 e. The molecule has 0 aliphatic carbocycles. The van der Waals surface area contributed by atoms with Gasteiger partial charge in [0.25, 0.3) is 0 Å². The van der Waals surface area contributed by atoms with Crippen LogP contribution in [0.1, 0.15) is 26.5 Å². The summed E-state index contributed by atoms with van der Waals surface area (Å²) in [5.74, 6) is 2.54. The summed E-state index contributed by atoms with van der Waals surface area (Å²) in [4.78, 5) is 7.80. The Balaban J connectivity index is 2.06. The van der Waals surface area contributed by atoms with Gasteiger partial charge >= 0.3 is 0 Å². The molecule has 3 heteroatoms. The number of rotatable bonds is 1. The maximum Gasteiger partial charge on any atom is 0.174 e. The third-order valence-electron chi connectivity index (χ3n) is 2.97. The van der Waals surface area contributed by atoms with Gasteiger partial charge in [0.1, 0.15) is 5.76 Å². The quantitative estimate of drug-likeness (QED) is 0.695. The minimum Gasteiger partial charge on any atom is -0.457 e. The fourth-order valence-electron chi connectivity index (χ4n) is 1.94. The number of benzene rings is 1.